The van der Waals surface area contributed by atoms with Crippen LogP contribution in [0.2, 0.25) is 0 Å². The zero-order valence-corrected chi connectivity index (χ0v) is 18.8. The quantitative estimate of drug-likeness (QED) is 0.776. The molecule has 1 aromatic carbocycles. The van der Waals surface area contributed by atoms with Gasteiger partial charge in [0.25, 0.3) is 0 Å². The highest BCUT2D eigenvalue weighted by molar-refractivity contribution is 5.85. The van der Waals surface area contributed by atoms with E-state index in [1.54, 1.807) is 0 Å². The minimum absolute atomic E-state index is 0. The second-order valence-electron chi connectivity index (χ2n) is 8.03. The molecule has 1 amide bonds. The van der Waals surface area contributed by atoms with E-state index in [-0.39, 0.29) is 54.9 Å². The second kappa shape index (κ2) is 11.4. The molecule has 2 N–H and O–H groups in total. The van der Waals surface area contributed by atoms with Crippen LogP contribution >= 0.6 is 24.8 Å². The lowest BCUT2D eigenvalue weighted by molar-refractivity contribution is -0.137. The molecule has 2 fully saturated rings. The fraction of sp³-hybridized carbons (Fsp3) is 0.667. The summed E-state index contributed by atoms with van der Waals surface area (Å²) in [5.74, 6) is -0.0151. The van der Waals surface area contributed by atoms with Crippen molar-refractivity contribution in [2.75, 3.05) is 26.2 Å². The largest absolute Gasteiger partial charge is 0.373 e. The number of morpholine rings is 1. The molecule has 0 saturated carbocycles. The number of benzene rings is 1. The second-order valence-corrected chi connectivity index (χ2v) is 8.03. The lowest BCUT2D eigenvalue weighted by Crippen LogP contribution is -2.52. The van der Waals surface area contributed by atoms with Crippen molar-refractivity contribution in [1.82, 2.24) is 9.80 Å². The number of carbonyl (C=O) groups excluding carboxylic acids is 1. The van der Waals surface area contributed by atoms with E-state index in [1.807, 2.05) is 37.3 Å². The molecule has 2 heterocycles. The fourth-order valence-corrected chi connectivity index (χ4v) is 4.43. The van der Waals surface area contributed by atoms with Crippen LogP contribution in [0.1, 0.15) is 45.2 Å². The van der Waals surface area contributed by atoms with Crippen LogP contribution in [0.3, 0.4) is 0 Å². The summed E-state index contributed by atoms with van der Waals surface area (Å²) in [5.41, 5.74) is 7.43. The highest BCUT2D eigenvalue weighted by atomic mass is 35.5. The molecule has 2 saturated heterocycles. The van der Waals surface area contributed by atoms with E-state index >= 15 is 0 Å². The molecular weight excluding hydrogens is 397 g/mol. The van der Waals surface area contributed by atoms with Crippen LogP contribution in [0.25, 0.3) is 0 Å². The summed E-state index contributed by atoms with van der Waals surface area (Å²) in [7, 11) is 0. The Morgan fingerprint density at radius 1 is 1.18 bits per heavy atom. The van der Waals surface area contributed by atoms with Crippen LogP contribution in [0.15, 0.2) is 30.3 Å². The van der Waals surface area contributed by atoms with E-state index in [0.29, 0.717) is 6.04 Å². The summed E-state index contributed by atoms with van der Waals surface area (Å²) in [4.78, 5) is 17.7. The van der Waals surface area contributed by atoms with Gasteiger partial charge >= 0.3 is 0 Å². The van der Waals surface area contributed by atoms with E-state index in [2.05, 4.69) is 23.6 Å². The number of halogens is 2. The molecule has 5 nitrogen and oxygen atoms in total. The summed E-state index contributed by atoms with van der Waals surface area (Å²) in [5, 5.41) is 0. The number of rotatable bonds is 5. The number of likely N-dealkylation sites (tertiary alicyclic amines) is 1. The molecule has 160 valence electrons. The topological polar surface area (TPSA) is 58.8 Å². The zero-order valence-electron chi connectivity index (χ0n) is 17.1. The molecule has 0 radical (unpaired) electrons. The molecular formula is C21H35Cl2N3O2. The van der Waals surface area contributed by atoms with Crippen molar-refractivity contribution in [2.45, 2.75) is 57.9 Å². The molecule has 3 rings (SSSR count). The Labute approximate surface area is 181 Å². The number of hydrogen-bond donors (Lipinski definition) is 1. The Bertz CT molecular complexity index is 595. The van der Waals surface area contributed by atoms with Crippen molar-refractivity contribution in [2.24, 2.45) is 11.7 Å². The summed E-state index contributed by atoms with van der Waals surface area (Å²) in [6, 6.07) is 9.98. The maximum absolute atomic E-state index is 13.1. The monoisotopic (exact) mass is 431 g/mol. The standard InChI is InChI=1S/C21H33N3O2.2ClH/c1-15-12-23(13-16(2)26-15)14-19-10-7-11-24(19)21(25)17(3)20(22)18-8-5-4-6-9-18;;/h4-6,8-9,15-17,19-20H,7,10-14,22H2,1-3H3;2*1H. The van der Waals surface area contributed by atoms with Crippen molar-refractivity contribution in [3.63, 3.8) is 0 Å². The maximum atomic E-state index is 13.1. The third kappa shape index (κ3) is 6.07. The number of carbonyl (C=O) groups is 1. The van der Waals surface area contributed by atoms with E-state index in [4.69, 9.17) is 10.5 Å². The first-order chi connectivity index (χ1) is 12.5. The molecule has 2 aliphatic rings. The summed E-state index contributed by atoms with van der Waals surface area (Å²) in [6.07, 6.45) is 2.68. The Balaban J connectivity index is 0.00000196. The first kappa shape index (κ1) is 25.2. The van der Waals surface area contributed by atoms with E-state index in [1.165, 1.54) is 0 Å². The van der Waals surface area contributed by atoms with Gasteiger partial charge in [0, 0.05) is 38.3 Å². The van der Waals surface area contributed by atoms with Crippen LogP contribution in [-0.4, -0.2) is 60.1 Å². The lowest BCUT2D eigenvalue weighted by atomic mass is 9.94. The molecule has 1 aromatic rings. The molecule has 5 unspecified atom stereocenters. The van der Waals surface area contributed by atoms with Gasteiger partial charge in [0.2, 0.25) is 5.91 Å². The van der Waals surface area contributed by atoms with Crippen molar-refractivity contribution in [3.8, 4) is 0 Å². The average Bonchev–Trinajstić information content (AvgIpc) is 3.07. The molecule has 7 heteroatoms. The highest BCUT2D eigenvalue weighted by Gasteiger charge is 2.35. The van der Waals surface area contributed by atoms with Gasteiger partial charge in [-0.3, -0.25) is 9.69 Å². The average molecular weight is 432 g/mol. The van der Waals surface area contributed by atoms with E-state index in [9.17, 15) is 4.79 Å². The van der Waals surface area contributed by atoms with Crippen molar-refractivity contribution in [1.29, 1.82) is 0 Å². The normalized spacial score (nSPS) is 27.4. The van der Waals surface area contributed by atoms with E-state index in [0.717, 1.165) is 44.6 Å². The molecule has 0 aliphatic carbocycles. The molecule has 5 atom stereocenters. The third-order valence-corrected chi connectivity index (χ3v) is 5.74. The molecule has 0 spiro atoms. The van der Waals surface area contributed by atoms with Gasteiger partial charge in [-0.05, 0) is 32.3 Å². The maximum Gasteiger partial charge on any atom is 0.227 e. The van der Waals surface area contributed by atoms with Gasteiger partial charge < -0.3 is 15.4 Å². The Hall–Kier alpha value is -0.850. The zero-order chi connectivity index (χ0) is 18.7. The first-order valence-corrected chi connectivity index (χ1v) is 9.94. The van der Waals surface area contributed by atoms with Gasteiger partial charge in [-0.1, -0.05) is 37.3 Å². The van der Waals surface area contributed by atoms with Gasteiger partial charge in [-0.2, -0.15) is 0 Å². The van der Waals surface area contributed by atoms with Crippen LogP contribution in [0.4, 0.5) is 0 Å². The fourth-order valence-electron chi connectivity index (χ4n) is 4.43. The first-order valence-electron chi connectivity index (χ1n) is 9.94. The predicted octanol–water partition coefficient (Wildman–Crippen LogP) is 3.27. The summed E-state index contributed by atoms with van der Waals surface area (Å²) < 4.78 is 5.84. The molecule has 28 heavy (non-hydrogen) atoms. The summed E-state index contributed by atoms with van der Waals surface area (Å²) >= 11 is 0. The lowest BCUT2D eigenvalue weighted by Gasteiger charge is -2.39. The molecule has 2 aliphatic heterocycles. The van der Waals surface area contributed by atoms with Crippen molar-refractivity contribution in [3.05, 3.63) is 35.9 Å². The number of nitrogens with two attached hydrogens (primary N) is 1. The van der Waals surface area contributed by atoms with Gasteiger partial charge in [-0.25, -0.2) is 0 Å². The smallest absolute Gasteiger partial charge is 0.227 e. The molecule has 0 bridgehead atoms. The van der Waals surface area contributed by atoms with Crippen LogP contribution < -0.4 is 5.73 Å². The number of amides is 1. The highest BCUT2D eigenvalue weighted by Crippen LogP contribution is 2.27. The van der Waals surface area contributed by atoms with Crippen molar-refractivity contribution >= 4 is 30.7 Å². The van der Waals surface area contributed by atoms with Crippen LogP contribution in [-0.2, 0) is 9.53 Å². The number of nitrogens with zero attached hydrogens (tertiary/aromatic N) is 2. The van der Waals surface area contributed by atoms with Crippen LogP contribution in [0.5, 0.6) is 0 Å². The minimum Gasteiger partial charge on any atom is -0.373 e. The third-order valence-electron chi connectivity index (χ3n) is 5.74. The van der Waals surface area contributed by atoms with Gasteiger partial charge in [0.1, 0.15) is 0 Å². The van der Waals surface area contributed by atoms with Gasteiger partial charge in [-0.15, -0.1) is 24.8 Å². The SMILES string of the molecule is CC1CN(CC2CCCN2C(=O)C(C)C(N)c2ccccc2)CC(C)O1.Cl.Cl. The Morgan fingerprint density at radius 3 is 2.39 bits per heavy atom. The van der Waals surface area contributed by atoms with Crippen molar-refractivity contribution < 1.29 is 9.53 Å². The number of hydrogen-bond acceptors (Lipinski definition) is 4. The molecule has 0 aromatic heterocycles. The van der Waals surface area contributed by atoms with E-state index < -0.39 is 0 Å². The Kier molecular flexibility index (Phi) is 10.2. The number of ether oxygens (including phenoxy) is 1. The predicted molar refractivity (Wildman–Crippen MR) is 118 cm³/mol. The van der Waals surface area contributed by atoms with Crippen LogP contribution in [0, 0.1) is 5.92 Å². The minimum atomic E-state index is -0.256. The summed E-state index contributed by atoms with van der Waals surface area (Å²) in [6.45, 7) is 9.91. The van der Waals surface area contributed by atoms with Gasteiger partial charge in [0.05, 0.1) is 18.1 Å². The Morgan fingerprint density at radius 2 is 1.79 bits per heavy atom. The van der Waals surface area contributed by atoms with Gasteiger partial charge in [0.15, 0.2) is 0 Å².